The Hall–Kier alpha value is -1.24. The van der Waals surface area contributed by atoms with Crippen molar-refractivity contribution in [1.29, 1.82) is 0 Å². The van der Waals surface area contributed by atoms with Gasteiger partial charge in [-0.2, -0.15) is 0 Å². The lowest BCUT2D eigenvalue weighted by Crippen LogP contribution is -2.48. The number of anilines is 1. The highest BCUT2D eigenvalue weighted by molar-refractivity contribution is 5.36. The highest BCUT2D eigenvalue weighted by atomic mass is 16.5. The number of hydrogen-bond acceptors (Lipinski definition) is 6. The topological polar surface area (TPSA) is 84.5 Å². The number of nitrogens with two attached hydrogens (primary N) is 1. The minimum atomic E-state index is -0.158. The van der Waals surface area contributed by atoms with Gasteiger partial charge >= 0.3 is 0 Å². The van der Waals surface area contributed by atoms with Crippen molar-refractivity contribution in [2.75, 3.05) is 24.6 Å². The summed E-state index contributed by atoms with van der Waals surface area (Å²) in [5.41, 5.74) is 6.25. The van der Waals surface area contributed by atoms with E-state index >= 15 is 0 Å². The van der Waals surface area contributed by atoms with Crippen LogP contribution in [0.5, 0.6) is 0 Å². The van der Waals surface area contributed by atoms with Crippen molar-refractivity contribution in [2.45, 2.75) is 25.7 Å². The molecule has 0 bridgehead atoms. The van der Waals surface area contributed by atoms with Gasteiger partial charge in [-0.25, -0.2) is 4.98 Å². The Morgan fingerprint density at radius 2 is 2.29 bits per heavy atom. The van der Waals surface area contributed by atoms with Gasteiger partial charge in [-0.05, 0) is 6.92 Å². The first-order valence-corrected chi connectivity index (χ1v) is 5.75. The summed E-state index contributed by atoms with van der Waals surface area (Å²) in [6.07, 6.45) is 3.32. The summed E-state index contributed by atoms with van der Waals surface area (Å²) >= 11 is 0. The summed E-state index contributed by atoms with van der Waals surface area (Å²) < 4.78 is 5.57. The molecule has 17 heavy (non-hydrogen) atoms. The Kier molecular flexibility index (Phi) is 3.88. The summed E-state index contributed by atoms with van der Waals surface area (Å²) in [5, 5.41) is 9.15. The van der Waals surface area contributed by atoms with E-state index in [-0.39, 0.29) is 18.8 Å². The molecule has 1 saturated heterocycles. The molecule has 2 heterocycles. The van der Waals surface area contributed by atoms with Gasteiger partial charge in [0.25, 0.3) is 0 Å². The number of morpholine rings is 1. The van der Waals surface area contributed by atoms with Crippen LogP contribution >= 0.6 is 0 Å². The van der Waals surface area contributed by atoms with Gasteiger partial charge in [-0.1, -0.05) is 0 Å². The molecule has 0 radical (unpaired) electrons. The van der Waals surface area contributed by atoms with Crippen LogP contribution in [0.2, 0.25) is 0 Å². The van der Waals surface area contributed by atoms with Crippen LogP contribution in [-0.2, 0) is 11.3 Å². The first-order valence-electron chi connectivity index (χ1n) is 5.75. The fraction of sp³-hybridized carbons (Fsp3) is 0.636. The molecule has 6 heteroatoms. The maximum atomic E-state index is 9.15. The molecular weight excluding hydrogens is 220 g/mol. The van der Waals surface area contributed by atoms with Crippen LogP contribution in [0.15, 0.2) is 12.4 Å². The lowest BCUT2D eigenvalue weighted by atomic mass is 10.2. The van der Waals surface area contributed by atoms with E-state index in [1.165, 1.54) is 0 Å². The summed E-state index contributed by atoms with van der Waals surface area (Å²) in [5.74, 6) is 0.802. The van der Waals surface area contributed by atoms with E-state index in [1.54, 1.807) is 12.4 Å². The Morgan fingerprint density at radius 3 is 2.88 bits per heavy atom. The zero-order valence-corrected chi connectivity index (χ0v) is 9.91. The van der Waals surface area contributed by atoms with Gasteiger partial charge in [0.1, 0.15) is 5.82 Å². The molecule has 1 aromatic rings. The van der Waals surface area contributed by atoms with E-state index in [9.17, 15) is 0 Å². The molecular formula is C11H18N4O2. The average molecular weight is 238 g/mol. The number of rotatable bonds is 3. The van der Waals surface area contributed by atoms with E-state index in [4.69, 9.17) is 15.6 Å². The van der Waals surface area contributed by atoms with Crippen LogP contribution in [0, 0.1) is 0 Å². The highest BCUT2D eigenvalue weighted by Gasteiger charge is 2.25. The molecule has 0 aromatic carbocycles. The second-order valence-electron chi connectivity index (χ2n) is 4.23. The molecule has 2 atom stereocenters. The molecule has 0 saturated carbocycles. The molecule has 0 amide bonds. The number of hydrogen-bond donors (Lipinski definition) is 2. The second-order valence-corrected chi connectivity index (χ2v) is 4.23. The fourth-order valence-electron chi connectivity index (χ4n) is 1.95. The molecule has 1 aliphatic heterocycles. The smallest absolute Gasteiger partial charge is 0.147 e. The largest absolute Gasteiger partial charge is 0.394 e. The van der Waals surface area contributed by atoms with Gasteiger partial charge in [-0.3, -0.25) is 4.98 Å². The molecule has 1 aliphatic rings. The van der Waals surface area contributed by atoms with E-state index in [0.717, 1.165) is 18.1 Å². The minimum absolute atomic E-state index is 0.0230. The predicted molar refractivity (Wildman–Crippen MR) is 63.6 cm³/mol. The molecule has 0 spiro atoms. The lowest BCUT2D eigenvalue weighted by Gasteiger charge is -2.36. The third-order valence-corrected chi connectivity index (χ3v) is 2.75. The fourth-order valence-corrected chi connectivity index (χ4v) is 1.95. The van der Waals surface area contributed by atoms with Crippen molar-refractivity contribution in [1.82, 2.24) is 9.97 Å². The number of aliphatic hydroxyl groups excluding tert-OH is 1. The van der Waals surface area contributed by atoms with Crippen LogP contribution in [0.1, 0.15) is 12.6 Å². The zero-order chi connectivity index (χ0) is 12.3. The van der Waals surface area contributed by atoms with Crippen LogP contribution in [0.3, 0.4) is 0 Å². The Bertz CT molecular complexity index is 357. The average Bonchev–Trinajstić information content (AvgIpc) is 2.38. The summed E-state index contributed by atoms with van der Waals surface area (Å²) in [6.45, 7) is 3.79. The SMILES string of the molecule is CC1CN(c2cnc(CN)cn2)CC(CO)O1. The van der Waals surface area contributed by atoms with E-state index in [0.29, 0.717) is 13.1 Å². The van der Waals surface area contributed by atoms with E-state index in [1.807, 2.05) is 6.92 Å². The molecule has 1 aromatic heterocycles. The van der Waals surface area contributed by atoms with Gasteiger partial charge in [0.15, 0.2) is 0 Å². The molecule has 1 fully saturated rings. The van der Waals surface area contributed by atoms with Gasteiger partial charge in [0.05, 0.1) is 36.9 Å². The lowest BCUT2D eigenvalue weighted by molar-refractivity contribution is -0.0423. The third-order valence-electron chi connectivity index (χ3n) is 2.75. The maximum absolute atomic E-state index is 9.15. The summed E-state index contributed by atoms with van der Waals surface area (Å²) in [4.78, 5) is 10.6. The van der Waals surface area contributed by atoms with Crippen molar-refractivity contribution in [3.63, 3.8) is 0 Å². The Labute approximate surface area is 100 Å². The van der Waals surface area contributed by atoms with E-state index < -0.39 is 0 Å². The normalized spacial score (nSPS) is 25.0. The Morgan fingerprint density at radius 1 is 1.47 bits per heavy atom. The van der Waals surface area contributed by atoms with Crippen LogP contribution < -0.4 is 10.6 Å². The number of nitrogens with zero attached hydrogens (tertiary/aromatic N) is 3. The van der Waals surface area contributed by atoms with Gasteiger partial charge < -0.3 is 20.5 Å². The molecule has 2 unspecified atom stereocenters. The minimum Gasteiger partial charge on any atom is -0.394 e. The van der Waals surface area contributed by atoms with Gasteiger partial charge in [0.2, 0.25) is 0 Å². The first-order chi connectivity index (χ1) is 8.22. The molecule has 94 valence electrons. The van der Waals surface area contributed by atoms with Gasteiger partial charge in [0, 0.05) is 19.6 Å². The first kappa shape index (κ1) is 12.2. The van der Waals surface area contributed by atoms with Crippen molar-refractivity contribution in [3.05, 3.63) is 18.1 Å². The second kappa shape index (κ2) is 5.39. The molecule has 0 aliphatic carbocycles. The van der Waals surface area contributed by atoms with E-state index in [2.05, 4.69) is 14.9 Å². The monoisotopic (exact) mass is 238 g/mol. The quantitative estimate of drug-likeness (QED) is 0.740. The van der Waals surface area contributed by atoms with Crippen molar-refractivity contribution in [3.8, 4) is 0 Å². The van der Waals surface area contributed by atoms with Crippen LogP contribution in [-0.4, -0.2) is 47.0 Å². The third kappa shape index (κ3) is 2.91. The standard InChI is InChI=1S/C11H18N4O2/c1-8-5-15(6-10(7-16)17-8)11-4-13-9(2-12)3-14-11/h3-4,8,10,16H,2,5-7,12H2,1H3. The van der Waals surface area contributed by atoms with Crippen LogP contribution in [0.25, 0.3) is 0 Å². The molecule has 2 rings (SSSR count). The Balaban J connectivity index is 2.09. The predicted octanol–water partition coefficient (Wildman–Crippen LogP) is -0.479. The maximum Gasteiger partial charge on any atom is 0.147 e. The number of aromatic nitrogens is 2. The highest BCUT2D eigenvalue weighted by Crippen LogP contribution is 2.17. The van der Waals surface area contributed by atoms with Gasteiger partial charge in [-0.15, -0.1) is 0 Å². The summed E-state index contributed by atoms with van der Waals surface area (Å²) in [7, 11) is 0. The zero-order valence-electron chi connectivity index (χ0n) is 9.91. The van der Waals surface area contributed by atoms with Crippen LogP contribution in [0.4, 0.5) is 5.82 Å². The molecule has 6 nitrogen and oxygen atoms in total. The number of aliphatic hydroxyl groups is 1. The van der Waals surface area contributed by atoms with Crippen molar-refractivity contribution < 1.29 is 9.84 Å². The summed E-state index contributed by atoms with van der Waals surface area (Å²) in [6, 6.07) is 0. The van der Waals surface area contributed by atoms with Crippen molar-refractivity contribution >= 4 is 5.82 Å². The number of ether oxygens (including phenoxy) is 1. The molecule has 3 N–H and O–H groups in total. The van der Waals surface area contributed by atoms with Crippen molar-refractivity contribution in [2.24, 2.45) is 5.73 Å².